The fourth-order valence-electron chi connectivity index (χ4n) is 4.73. The molecule has 0 spiro atoms. The second-order valence-corrected chi connectivity index (χ2v) is 8.72. The van der Waals surface area contributed by atoms with Gasteiger partial charge in [-0.2, -0.15) is 4.98 Å². The number of pyridine rings is 2. The highest BCUT2D eigenvalue weighted by Gasteiger charge is 2.20. The Bertz CT molecular complexity index is 1470. The zero-order valence-electron chi connectivity index (χ0n) is 19.4. The number of ether oxygens (including phenoxy) is 3. The van der Waals surface area contributed by atoms with Gasteiger partial charge in [0.15, 0.2) is 17.1 Å². The molecule has 2 aliphatic rings. The third-order valence-corrected chi connectivity index (χ3v) is 6.52. The van der Waals surface area contributed by atoms with Crippen molar-refractivity contribution in [2.24, 2.45) is 0 Å². The quantitative estimate of drug-likeness (QED) is 0.474. The summed E-state index contributed by atoms with van der Waals surface area (Å²) < 4.78 is 18.1. The van der Waals surface area contributed by atoms with Gasteiger partial charge in [-0.1, -0.05) is 6.07 Å². The van der Waals surface area contributed by atoms with E-state index in [0.717, 1.165) is 36.4 Å². The predicted octanol–water partition coefficient (Wildman–Crippen LogP) is 2.60. The lowest BCUT2D eigenvalue weighted by Crippen LogP contribution is -2.34. The Balaban J connectivity index is 1.21. The van der Waals surface area contributed by atoms with Crippen LogP contribution in [0.4, 0.5) is 0 Å². The molecule has 0 radical (unpaired) electrons. The number of hydrogen-bond donors (Lipinski definition) is 1. The van der Waals surface area contributed by atoms with E-state index in [2.05, 4.69) is 32.4 Å². The molecule has 1 atom stereocenters. The highest BCUT2D eigenvalue weighted by molar-refractivity contribution is 5.72. The van der Waals surface area contributed by atoms with Gasteiger partial charge in [-0.25, -0.2) is 4.98 Å². The first-order valence-corrected chi connectivity index (χ1v) is 11.7. The Labute approximate surface area is 201 Å². The van der Waals surface area contributed by atoms with E-state index in [0.29, 0.717) is 48.6 Å². The summed E-state index contributed by atoms with van der Waals surface area (Å²) in [7, 11) is 1.56. The molecule has 4 heterocycles. The first kappa shape index (κ1) is 21.5. The summed E-state index contributed by atoms with van der Waals surface area (Å²) >= 11 is 0. The van der Waals surface area contributed by atoms with Crippen LogP contribution in [0.3, 0.4) is 0 Å². The number of aromatic nitrogens is 4. The van der Waals surface area contributed by atoms with Gasteiger partial charge in [-0.05, 0) is 48.6 Å². The second-order valence-electron chi connectivity index (χ2n) is 8.72. The largest absolute Gasteiger partial charge is 0.486 e. The topological polar surface area (TPSA) is 100 Å². The van der Waals surface area contributed by atoms with Crippen molar-refractivity contribution < 1.29 is 14.2 Å². The lowest BCUT2D eigenvalue weighted by atomic mass is 9.88. The van der Waals surface area contributed by atoms with Gasteiger partial charge in [0.2, 0.25) is 5.88 Å². The molecule has 1 aliphatic carbocycles. The standard InChI is InChI=1S/C26H25N5O4/c1-33-24-7-6-21-26(30-24)31(25(32)15-29-21)20-5-3-16-10-18(4-2-17(16)11-20)27-13-19-12-22-23(14-28-19)35-9-8-34-22/h3,5-7,11-12,14-15,18,27H,2,4,8-10,13H2,1H3/t18-/m0/s1. The summed E-state index contributed by atoms with van der Waals surface area (Å²) in [5.74, 6) is 1.91. The molecule has 9 heteroatoms. The molecule has 0 bridgehead atoms. The van der Waals surface area contributed by atoms with Crippen LogP contribution in [0.25, 0.3) is 16.9 Å². The maximum Gasteiger partial charge on any atom is 0.275 e. The lowest BCUT2D eigenvalue weighted by molar-refractivity contribution is 0.170. The highest BCUT2D eigenvalue weighted by atomic mass is 16.6. The van der Waals surface area contributed by atoms with E-state index in [1.54, 1.807) is 23.9 Å². The molecule has 0 saturated carbocycles. The zero-order valence-corrected chi connectivity index (χ0v) is 19.4. The Hall–Kier alpha value is -3.98. The maximum atomic E-state index is 12.7. The van der Waals surface area contributed by atoms with E-state index in [-0.39, 0.29) is 5.56 Å². The number of fused-ring (bicyclic) bond motifs is 3. The van der Waals surface area contributed by atoms with Crippen LogP contribution in [0.1, 0.15) is 23.2 Å². The molecule has 1 aliphatic heterocycles. The minimum atomic E-state index is -0.222. The third kappa shape index (κ3) is 4.19. The molecule has 0 fully saturated rings. The smallest absolute Gasteiger partial charge is 0.275 e. The van der Waals surface area contributed by atoms with E-state index in [1.165, 1.54) is 17.3 Å². The number of aryl methyl sites for hydroxylation is 1. The SMILES string of the molecule is COc1ccc2ncc(=O)n(-c3ccc4c(c3)CC[C@H](NCc3cc5c(cn3)OCCO5)C4)c2n1. The fourth-order valence-corrected chi connectivity index (χ4v) is 4.73. The van der Waals surface area contributed by atoms with E-state index < -0.39 is 0 Å². The molecule has 35 heavy (non-hydrogen) atoms. The Morgan fingerprint density at radius 1 is 1.06 bits per heavy atom. The van der Waals surface area contributed by atoms with Gasteiger partial charge < -0.3 is 19.5 Å². The Morgan fingerprint density at radius 2 is 1.94 bits per heavy atom. The van der Waals surface area contributed by atoms with Gasteiger partial charge in [0.1, 0.15) is 18.7 Å². The van der Waals surface area contributed by atoms with Crippen molar-refractivity contribution in [2.45, 2.75) is 31.8 Å². The summed E-state index contributed by atoms with van der Waals surface area (Å²) in [5.41, 5.74) is 5.15. The van der Waals surface area contributed by atoms with Crippen LogP contribution in [0.2, 0.25) is 0 Å². The molecule has 178 valence electrons. The van der Waals surface area contributed by atoms with Gasteiger partial charge in [0.25, 0.3) is 5.56 Å². The van der Waals surface area contributed by atoms with Crippen molar-refractivity contribution in [1.29, 1.82) is 0 Å². The number of rotatable bonds is 5. The van der Waals surface area contributed by atoms with Gasteiger partial charge in [-0.3, -0.25) is 14.3 Å². The molecule has 9 nitrogen and oxygen atoms in total. The first-order chi connectivity index (χ1) is 17.2. The van der Waals surface area contributed by atoms with Crippen molar-refractivity contribution in [1.82, 2.24) is 24.8 Å². The number of nitrogens with one attached hydrogen (secondary N) is 1. The number of hydrogen-bond acceptors (Lipinski definition) is 8. The molecular weight excluding hydrogens is 446 g/mol. The molecule has 4 aromatic rings. The molecule has 0 amide bonds. The van der Waals surface area contributed by atoms with Crippen LogP contribution in [0, 0.1) is 0 Å². The van der Waals surface area contributed by atoms with Gasteiger partial charge in [-0.15, -0.1) is 0 Å². The summed E-state index contributed by atoms with van der Waals surface area (Å²) in [5, 5.41) is 3.63. The fraction of sp³-hybridized carbons (Fsp3) is 0.308. The average molecular weight is 472 g/mol. The van der Waals surface area contributed by atoms with Gasteiger partial charge in [0, 0.05) is 24.7 Å². The van der Waals surface area contributed by atoms with Crippen LogP contribution in [0.5, 0.6) is 17.4 Å². The summed E-state index contributed by atoms with van der Waals surface area (Å²) in [6.07, 6.45) is 5.90. The average Bonchev–Trinajstić information content (AvgIpc) is 2.91. The van der Waals surface area contributed by atoms with Crippen molar-refractivity contribution in [3.05, 3.63) is 76.0 Å². The molecule has 0 unspecified atom stereocenters. The first-order valence-electron chi connectivity index (χ1n) is 11.7. The van der Waals surface area contributed by atoms with Crippen molar-refractivity contribution in [3.63, 3.8) is 0 Å². The summed E-state index contributed by atoms with van der Waals surface area (Å²) in [6.45, 7) is 1.79. The maximum absolute atomic E-state index is 12.7. The molecular formula is C26H25N5O4. The van der Waals surface area contributed by atoms with Gasteiger partial charge >= 0.3 is 0 Å². The number of benzene rings is 1. The number of methoxy groups -OCH3 is 1. The summed E-state index contributed by atoms with van der Waals surface area (Å²) in [6, 6.07) is 12.0. The van der Waals surface area contributed by atoms with Crippen molar-refractivity contribution in [2.75, 3.05) is 20.3 Å². The Kier molecular flexibility index (Phi) is 5.54. The Morgan fingerprint density at radius 3 is 2.83 bits per heavy atom. The van der Waals surface area contributed by atoms with Crippen LogP contribution >= 0.6 is 0 Å². The third-order valence-electron chi connectivity index (χ3n) is 6.52. The predicted molar refractivity (Wildman–Crippen MR) is 130 cm³/mol. The second kappa shape index (κ2) is 8.99. The minimum Gasteiger partial charge on any atom is -0.486 e. The highest BCUT2D eigenvalue weighted by Crippen LogP contribution is 2.30. The van der Waals surface area contributed by atoms with Crippen molar-refractivity contribution >= 4 is 11.2 Å². The normalized spacial score (nSPS) is 16.7. The van der Waals surface area contributed by atoms with E-state index in [9.17, 15) is 4.79 Å². The zero-order chi connectivity index (χ0) is 23.8. The minimum absolute atomic E-state index is 0.222. The molecule has 1 N–H and O–H groups in total. The molecule has 1 aromatic carbocycles. The number of nitrogens with zero attached hydrogens (tertiary/aromatic N) is 4. The lowest BCUT2D eigenvalue weighted by Gasteiger charge is -2.26. The van der Waals surface area contributed by atoms with Crippen LogP contribution < -0.4 is 25.1 Å². The van der Waals surface area contributed by atoms with Crippen LogP contribution in [-0.2, 0) is 19.4 Å². The molecule has 0 saturated heterocycles. The van der Waals surface area contributed by atoms with E-state index >= 15 is 0 Å². The van der Waals surface area contributed by atoms with E-state index in [1.807, 2.05) is 18.2 Å². The molecule has 3 aromatic heterocycles. The summed E-state index contributed by atoms with van der Waals surface area (Å²) in [4.78, 5) is 26.0. The molecule has 6 rings (SSSR count). The van der Waals surface area contributed by atoms with Gasteiger partial charge in [0.05, 0.1) is 30.9 Å². The van der Waals surface area contributed by atoms with Crippen LogP contribution in [0.15, 0.2) is 53.6 Å². The monoisotopic (exact) mass is 471 g/mol. The van der Waals surface area contributed by atoms with Crippen LogP contribution in [-0.4, -0.2) is 45.9 Å². The van der Waals surface area contributed by atoms with E-state index in [4.69, 9.17) is 14.2 Å². The van der Waals surface area contributed by atoms with Crippen molar-refractivity contribution in [3.8, 4) is 23.1 Å².